The molecule has 0 saturated heterocycles. The summed E-state index contributed by atoms with van der Waals surface area (Å²) in [5, 5.41) is 0. The summed E-state index contributed by atoms with van der Waals surface area (Å²) in [7, 11) is 0. The number of aryl methyl sites for hydroxylation is 2. The number of hydrogen-bond acceptors (Lipinski definition) is 2. The highest BCUT2D eigenvalue weighted by atomic mass is 16.1. The Kier molecular flexibility index (Phi) is 3.44. The summed E-state index contributed by atoms with van der Waals surface area (Å²) in [6.45, 7) is 0. The van der Waals surface area contributed by atoms with E-state index in [1.807, 2.05) is 0 Å². The molecule has 2 nitrogen and oxygen atoms in total. The zero-order chi connectivity index (χ0) is 13.3. The molecule has 1 aromatic carbocycles. The standard InChI is InChI=1S/C17H23NO/c18-17(9-2-1-3-10-17)16(19)12-13-7-8-14-5-4-6-15(14)11-13/h7-8,11H,1-6,9-10,12,18H2. The molecule has 0 aliphatic heterocycles. The van der Waals surface area contributed by atoms with Gasteiger partial charge in [-0.3, -0.25) is 4.79 Å². The minimum absolute atomic E-state index is 0.241. The van der Waals surface area contributed by atoms with Gasteiger partial charge in [0, 0.05) is 6.42 Å². The number of fused-ring (bicyclic) bond motifs is 1. The number of carbonyl (C=O) groups is 1. The molecule has 0 spiro atoms. The highest BCUT2D eigenvalue weighted by Crippen LogP contribution is 2.29. The summed E-state index contributed by atoms with van der Waals surface area (Å²) in [6.07, 6.45) is 9.32. The molecule has 0 amide bonds. The Hall–Kier alpha value is -1.15. The van der Waals surface area contributed by atoms with Crippen molar-refractivity contribution in [3.05, 3.63) is 34.9 Å². The molecule has 0 radical (unpaired) electrons. The van der Waals surface area contributed by atoms with E-state index in [-0.39, 0.29) is 5.78 Å². The van der Waals surface area contributed by atoms with Gasteiger partial charge in [0.1, 0.15) is 0 Å². The third-order valence-electron chi connectivity index (χ3n) is 4.83. The van der Waals surface area contributed by atoms with Crippen LogP contribution in [0.5, 0.6) is 0 Å². The lowest BCUT2D eigenvalue weighted by molar-refractivity contribution is -0.124. The van der Waals surface area contributed by atoms with E-state index in [1.165, 1.54) is 36.8 Å². The van der Waals surface area contributed by atoms with Crippen molar-refractivity contribution in [3.63, 3.8) is 0 Å². The largest absolute Gasteiger partial charge is 0.319 e. The SMILES string of the molecule is NC1(C(=O)Cc2ccc3c(c2)CCC3)CCCCC1. The first-order valence-corrected chi connectivity index (χ1v) is 7.60. The van der Waals surface area contributed by atoms with Crippen molar-refractivity contribution in [3.8, 4) is 0 Å². The summed E-state index contributed by atoms with van der Waals surface area (Å²) >= 11 is 0. The number of hydrogen-bond donors (Lipinski definition) is 1. The van der Waals surface area contributed by atoms with Crippen LogP contribution >= 0.6 is 0 Å². The van der Waals surface area contributed by atoms with Gasteiger partial charge < -0.3 is 5.73 Å². The van der Waals surface area contributed by atoms with Crippen LogP contribution in [0.3, 0.4) is 0 Å². The minimum atomic E-state index is -0.544. The first kappa shape index (κ1) is 12.9. The lowest BCUT2D eigenvalue weighted by Gasteiger charge is -2.31. The Labute approximate surface area is 115 Å². The highest BCUT2D eigenvalue weighted by molar-refractivity contribution is 5.90. The van der Waals surface area contributed by atoms with Crippen LogP contribution in [-0.2, 0) is 24.1 Å². The molecule has 2 aliphatic rings. The Balaban J connectivity index is 1.72. The monoisotopic (exact) mass is 257 g/mol. The van der Waals surface area contributed by atoms with Gasteiger partial charge in [0.2, 0.25) is 0 Å². The van der Waals surface area contributed by atoms with Gasteiger partial charge in [-0.2, -0.15) is 0 Å². The molecule has 1 fully saturated rings. The van der Waals surface area contributed by atoms with Crippen LogP contribution in [0.4, 0.5) is 0 Å². The fourth-order valence-electron chi connectivity index (χ4n) is 3.56. The highest BCUT2D eigenvalue weighted by Gasteiger charge is 2.34. The topological polar surface area (TPSA) is 43.1 Å². The molecule has 3 rings (SSSR count). The van der Waals surface area contributed by atoms with Gasteiger partial charge in [0.15, 0.2) is 5.78 Å². The Bertz CT molecular complexity index is 486. The van der Waals surface area contributed by atoms with E-state index in [4.69, 9.17) is 5.73 Å². The molecule has 0 atom stereocenters. The van der Waals surface area contributed by atoms with Crippen molar-refractivity contribution in [2.45, 2.75) is 63.3 Å². The van der Waals surface area contributed by atoms with Gasteiger partial charge in [-0.25, -0.2) is 0 Å². The molecule has 1 aromatic rings. The molecule has 0 heterocycles. The van der Waals surface area contributed by atoms with Crippen molar-refractivity contribution in [1.29, 1.82) is 0 Å². The number of benzene rings is 1. The zero-order valence-corrected chi connectivity index (χ0v) is 11.6. The van der Waals surface area contributed by atoms with Gasteiger partial charge in [-0.1, -0.05) is 37.5 Å². The first-order chi connectivity index (χ1) is 9.17. The maximum Gasteiger partial charge on any atom is 0.156 e. The van der Waals surface area contributed by atoms with Crippen LogP contribution in [0.1, 0.15) is 55.2 Å². The summed E-state index contributed by atoms with van der Waals surface area (Å²) in [6, 6.07) is 6.55. The predicted octanol–water partition coefficient (Wildman–Crippen LogP) is 2.95. The second kappa shape index (κ2) is 5.09. The maximum absolute atomic E-state index is 12.5. The first-order valence-electron chi connectivity index (χ1n) is 7.60. The van der Waals surface area contributed by atoms with Crippen LogP contribution in [0, 0.1) is 0 Å². The Morgan fingerprint density at radius 3 is 2.58 bits per heavy atom. The summed E-state index contributed by atoms with van der Waals surface area (Å²) in [5.74, 6) is 0.241. The third kappa shape index (κ3) is 2.59. The quantitative estimate of drug-likeness (QED) is 0.904. The van der Waals surface area contributed by atoms with Crippen molar-refractivity contribution >= 4 is 5.78 Å². The van der Waals surface area contributed by atoms with Crippen LogP contribution in [0.2, 0.25) is 0 Å². The van der Waals surface area contributed by atoms with Gasteiger partial charge in [0.05, 0.1) is 5.54 Å². The lowest BCUT2D eigenvalue weighted by Crippen LogP contribution is -2.50. The second-order valence-electron chi connectivity index (χ2n) is 6.27. The number of rotatable bonds is 3. The molecular formula is C17H23NO. The lowest BCUT2D eigenvalue weighted by atomic mass is 9.77. The zero-order valence-electron chi connectivity index (χ0n) is 11.6. The minimum Gasteiger partial charge on any atom is -0.319 e. The van der Waals surface area contributed by atoms with E-state index in [0.717, 1.165) is 31.2 Å². The molecule has 0 aromatic heterocycles. The molecule has 102 valence electrons. The Morgan fingerprint density at radius 1 is 1.05 bits per heavy atom. The molecule has 0 bridgehead atoms. The number of Topliss-reactive ketones (excluding diaryl/α,β-unsaturated/α-hetero) is 1. The number of nitrogens with two attached hydrogens (primary N) is 1. The number of carbonyl (C=O) groups excluding carboxylic acids is 1. The van der Waals surface area contributed by atoms with E-state index in [0.29, 0.717) is 6.42 Å². The normalized spacial score (nSPS) is 21.1. The van der Waals surface area contributed by atoms with E-state index < -0.39 is 5.54 Å². The maximum atomic E-state index is 12.5. The van der Waals surface area contributed by atoms with E-state index in [2.05, 4.69) is 18.2 Å². The van der Waals surface area contributed by atoms with Crippen LogP contribution in [-0.4, -0.2) is 11.3 Å². The van der Waals surface area contributed by atoms with Crippen molar-refractivity contribution in [2.75, 3.05) is 0 Å². The van der Waals surface area contributed by atoms with Crippen molar-refractivity contribution in [2.24, 2.45) is 5.73 Å². The summed E-state index contributed by atoms with van der Waals surface area (Å²) in [4.78, 5) is 12.5. The van der Waals surface area contributed by atoms with Crippen LogP contribution in [0.25, 0.3) is 0 Å². The summed E-state index contributed by atoms with van der Waals surface area (Å²) < 4.78 is 0. The molecule has 2 aliphatic carbocycles. The van der Waals surface area contributed by atoms with Crippen LogP contribution in [0.15, 0.2) is 18.2 Å². The molecule has 1 saturated carbocycles. The molecule has 19 heavy (non-hydrogen) atoms. The fraction of sp³-hybridized carbons (Fsp3) is 0.588. The molecule has 2 heteroatoms. The second-order valence-corrected chi connectivity index (χ2v) is 6.27. The van der Waals surface area contributed by atoms with E-state index in [9.17, 15) is 4.79 Å². The Morgan fingerprint density at radius 2 is 1.79 bits per heavy atom. The molecule has 2 N–H and O–H groups in total. The van der Waals surface area contributed by atoms with Crippen molar-refractivity contribution < 1.29 is 4.79 Å². The molecule has 0 unspecified atom stereocenters. The van der Waals surface area contributed by atoms with Crippen molar-refractivity contribution in [1.82, 2.24) is 0 Å². The number of ketones is 1. The molecular weight excluding hydrogens is 234 g/mol. The smallest absolute Gasteiger partial charge is 0.156 e. The average Bonchev–Trinajstić information content (AvgIpc) is 2.87. The fourth-order valence-corrected chi connectivity index (χ4v) is 3.56. The van der Waals surface area contributed by atoms with E-state index >= 15 is 0 Å². The van der Waals surface area contributed by atoms with Gasteiger partial charge >= 0.3 is 0 Å². The predicted molar refractivity (Wildman–Crippen MR) is 77.2 cm³/mol. The van der Waals surface area contributed by atoms with Gasteiger partial charge in [-0.05, 0) is 48.8 Å². The van der Waals surface area contributed by atoms with E-state index in [1.54, 1.807) is 0 Å². The van der Waals surface area contributed by atoms with Gasteiger partial charge in [-0.15, -0.1) is 0 Å². The van der Waals surface area contributed by atoms with Crippen LogP contribution < -0.4 is 5.73 Å². The summed E-state index contributed by atoms with van der Waals surface area (Å²) in [5.41, 5.74) is 9.84. The average molecular weight is 257 g/mol. The van der Waals surface area contributed by atoms with Gasteiger partial charge in [0.25, 0.3) is 0 Å². The third-order valence-corrected chi connectivity index (χ3v) is 4.83.